The molecule has 1 heterocycles. The van der Waals surface area contributed by atoms with Gasteiger partial charge < -0.3 is 9.88 Å². The van der Waals surface area contributed by atoms with Gasteiger partial charge in [-0.15, -0.1) is 11.6 Å². The van der Waals surface area contributed by atoms with Crippen molar-refractivity contribution in [3.8, 4) is 0 Å². The molecule has 0 saturated heterocycles. The van der Waals surface area contributed by atoms with Crippen LogP contribution in [-0.4, -0.2) is 23.0 Å². The van der Waals surface area contributed by atoms with E-state index in [1.165, 1.54) is 0 Å². The van der Waals surface area contributed by atoms with Crippen LogP contribution in [0.1, 0.15) is 19.8 Å². The molecule has 1 aromatic rings. The first-order chi connectivity index (χ1) is 7.74. The highest BCUT2D eigenvalue weighted by molar-refractivity contribution is 6.20. The molecule has 16 heavy (non-hydrogen) atoms. The molecule has 3 nitrogen and oxygen atoms in total. The van der Waals surface area contributed by atoms with E-state index in [2.05, 4.69) is 12.2 Å². The molecule has 0 saturated carbocycles. The quantitative estimate of drug-likeness (QED) is 0.585. The number of halogens is 1. The van der Waals surface area contributed by atoms with E-state index in [4.69, 9.17) is 11.6 Å². The summed E-state index contributed by atoms with van der Waals surface area (Å²) in [7, 11) is 0. The van der Waals surface area contributed by atoms with Crippen molar-refractivity contribution in [3.63, 3.8) is 0 Å². The van der Waals surface area contributed by atoms with E-state index >= 15 is 0 Å². The van der Waals surface area contributed by atoms with Crippen LogP contribution in [0.4, 0.5) is 0 Å². The Hall–Kier alpha value is -0.800. The van der Waals surface area contributed by atoms with Gasteiger partial charge in [0.15, 0.2) is 0 Å². The van der Waals surface area contributed by atoms with Crippen LogP contribution in [-0.2, 0) is 6.54 Å². The number of alkyl halides is 1. The van der Waals surface area contributed by atoms with Crippen LogP contribution in [0.5, 0.6) is 0 Å². The topological polar surface area (TPSA) is 34.0 Å². The molecular weight excluding hydrogens is 224 g/mol. The molecule has 0 bridgehead atoms. The number of hydrogen-bond donors (Lipinski definition) is 1. The molecule has 1 rings (SSSR count). The fraction of sp³-hybridized carbons (Fsp3) is 0.583. The van der Waals surface area contributed by atoms with Gasteiger partial charge in [-0.1, -0.05) is 13.0 Å². The summed E-state index contributed by atoms with van der Waals surface area (Å²) in [6.07, 6.45) is 3.78. The van der Waals surface area contributed by atoms with Crippen LogP contribution in [0.3, 0.4) is 0 Å². The number of nitrogens with one attached hydrogen (secondary N) is 1. The molecule has 0 spiro atoms. The Labute approximate surface area is 101 Å². The molecule has 0 aromatic carbocycles. The Balaban J connectivity index is 2.17. The molecule has 0 aliphatic heterocycles. The Morgan fingerprint density at radius 1 is 1.44 bits per heavy atom. The zero-order valence-corrected chi connectivity index (χ0v) is 10.4. The molecule has 1 unspecified atom stereocenters. The lowest BCUT2D eigenvalue weighted by molar-refractivity contribution is 0.563. The zero-order chi connectivity index (χ0) is 11.8. The second kappa shape index (κ2) is 7.47. The van der Waals surface area contributed by atoms with Gasteiger partial charge in [0, 0.05) is 30.7 Å². The van der Waals surface area contributed by atoms with E-state index in [1.54, 1.807) is 22.9 Å². The van der Waals surface area contributed by atoms with Crippen molar-refractivity contribution in [3.05, 3.63) is 34.7 Å². The fourth-order valence-corrected chi connectivity index (χ4v) is 1.54. The van der Waals surface area contributed by atoms with E-state index in [1.807, 2.05) is 6.07 Å². The van der Waals surface area contributed by atoms with Gasteiger partial charge in [0.1, 0.15) is 0 Å². The van der Waals surface area contributed by atoms with Crippen LogP contribution in [0.25, 0.3) is 0 Å². The van der Waals surface area contributed by atoms with Crippen LogP contribution >= 0.6 is 11.6 Å². The third-order valence-electron chi connectivity index (χ3n) is 2.51. The highest BCUT2D eigenvalue weighted by Gasteiger charge is 1.99. The van der Waals surface area contributed by atoms with Crippen molar-refractivity contribution in [2.75, 3.05) is 13.1 Å². The minimum Gasteiger partial charge on any atom is -0.315 e. The molecule has 0 fully saturated rings. The lowest BCUT2D eigenvalue weighted by atomic mass is 10.2. The van der Waals surface area contributed by atoms with E-state index in [0.29, 0.717) is 6.54 Å². The Kier molecular flexibility index (Phi) is 6.19. The molecule has 0 aliphatic carbocycles. The third kappa shape index (κ3) is 4.81. The van der Waals surface area contributed by atoms with Crippen molar-refractivity contribution < 1.29 is 0 Å². The van der Waals surface area contributed by atoms with Crippen LogP contribution in [0.2, 0.25) is 0 Å². The standard InChI is InChI=1S/C12H19ClN2O/c1-2-11(13)6-7-14-8-10-15-9-4-3-5-12(15)16/h3-5,9,11,14H,2,6-8,10H2,1H3. The summed E-state index contributed by atoms with van der Waals surface area (Å²) >= 11 is 5.99. The molecule has 1 aromatic heterocycles. The number of pyridine rings is 1. The van der Waals surface area contributed by atoms with Crippen LogP contribution < -0.4 is 10.9 Å². The smallest absolute Gasteiger partial charge is 0.250 e. The average molecular weight is 243 g/mol. The van der Waals surface area contributed by atoms with Gasteiger partial charge in [-0.05, 0) is 25.5 Å². The highest BCUT2D eigenvalue weighted by Crippen LogP contribution is 2.04. The fourth-order valence-electron chi connectivity index (χ4n) is 1.43. The second-order valence-electron chi connectivity index (χ2n) is 3.78. The molecule has 90 valence electrons. The summed E-state index contributed by atoms with van der Waals surface area (Å²) in [5.41, 5.74) is 0.0491. The monoisotopic (exact) mass is 242 g/mol. The number of aromatic nitrogens is 1. The predicted molar refractivity (Wildman–Crippen MR) is 68.1 cm³/mol. The normalized spacial score (nSPS) is 12.6. The molecule has 0 amide bonds. The summed E-state index contributed by atoms with van der Waals surface area (Å²) in [5, 5.41) is 3.54. The summed E-state index contributed by atoms with van der Waals surface area (Å²) < 4.78 is 1.70. The third-order valence-corrected chi connectivity index (χ3v) is 3.03. The van der Waals surface area contributed by atoms with Crippen molar-refractivity contribution in [2.45, 2.75) is 31.7 Å². The van der Waals surface area contributed by atoms with Crippen molar-refractivity contribution in [1.82, 2.24) is 9.88 Å². The SMILES string of the molecule is CCC(Cl)CCNCCn1ccccc1=O. The van der Waals surface area contributed by atoms with E-state index in [-0.39, 0.29) is 10.9 Å². The summed E-state index contributed by atoms with van der Waals surface area (Å²) in [6.45, 7) is 4.50. The zero-order valence-electron chi connectivity index (χ0n) is 9.66. The number of hydrogen-bond acceptors (Lipinski definition) is 2. The van der Waals surface area contributed by atoms with Gasteiger partial charge in [-0.3, -0.25) is 4.79 Å². The lowest BCUT2D eigenvalue weighted by Gasteiger charge is -2.08. The first-order valence-corrected chi connectivity index (χ1v) is 6.18. The minimum atomic E-state index is 0.0491. The number of rotatable bonds is 7. The van der Waals surface area contributed by atoms with Crippen molar-refractivity contribution >= 4 is 11.6 Å². The molecule has 0 radical (unpaired) electrons. The number of nitrogens with zero attached hydrogens (tertiary/aromatic N) is 1. The van der Waals surface area contributed by atoms with Gasteiger partial charge in [-0.25, -0.2) is 0 Å². The maximum Gasteiger partial charge on any atom is 0.250 e. The lowest BCUT2D eigenvalue weighted by Crippen LogP contribution is -2.27. The van der Waals surface area contributed by atoms with Gasteiger partial charge in [0.2, 0.25) is 0 Å². The molecule has 0 aliphatic rings. The average Bonchev–Trinajstić information content (AvgIpc) is 2.30. The summed E-state index contributed by atoms with van der Waals surface area (Å²) in [6, 6.07) is 5.20. The van der Waals surface area contributed by atoms with Crippen LogP contribution in [0.15, 0.2) is 29.2 Å². The second-order valence-corrected chi connectivity index (χ2v) is 4.39. The minimum absolute atomic E-state index is 0.0491. The van der Waals surface area contributed by atoms with E-state index in [9.17, 15) is 4.79 Å². The molecular formula is C12H19ClN2O. The van der Waals surface area contributed by atoms with E-state index < -0.39 is 0 Å². The Morgan fingerprint density at radius 2 is 2.25 bits per heavy atom. The largest absolute Gasteiger partial charge is 0.315 e. The first kappa shape index (κ1) is 13.3. The maximum absolute atomic E-state index is 11.4. The van der Waals surface area contributed by atoms with Gasteiger partial charge in [0.05, 0.1) is 0 Å². The van der Waals surface area contributed by atoms with E-state index in [0.717, 1.165) is 25.9 Å². The summed E-state index contributed by atoms with van der Waals surface area (Å²) in [5.74, 6) is 0. The molecule has 1 N–H and O–H groups in total. The maximum atomic E-state index is 11.4. The van der Waals surface area contributed by atoms with Crippen molar-refractivity contribution in [1.29, 1.82) is 0 Å². The van der Waals surface area contributed by atoms with Gasteiger partial charge >= 0.3 is 0 Å². The van der Waals surface area contributed by atoms with Crippen molar-refractivity contribution in [2.24, 2.45) is 0 Å². The van der Waals surface area contributed by atoms with Crippen LogP contribution in [0, 0.1) is 0 Å². The first-order valence-electron chi connectivity index (χ1n) is 5.74. The molecule has 1 atom stereocenters. The Bertz CT molecular complexity index is 351. The van der Waals surface area contributed by atoms with Gasteiger partial charge in [0.25, 0.3) is 5.56 Å². The Morgan fingerprint density at radius 3 is 2.94 bits per heavy atom. The summed E-state index contributed by atoms with van der Waals surface area (Å²) in [4.78, 5) is 11.4. The molecule has 4 heteroatoms. The highest BCUT2D eigenvalue weighted by atomic mass is 35.5. The van der Waals surface area contributed by atoms with Gasteiger partial charge in [-0.2, -0.15) is 0 Å². The predicted octanol–water partition coefficient (Wildman–Crippen LogP) is 1.85.